The predicted molar refractivity (Wildman–Crippen MR) is 219 cm³/mol. The molecule has 0 amide bonds. The molecule has 0 saturated carbocycles. The van der Waals surface area contributed by atoms with Crippen LogP contribution in [0.5, 0.6) is 0 Å². The zero-order chi connectivity index (χ0) is 38.9. The van der Waals surface area contributed by atoms with E-state index >= 15 is 0 Å². The number of hydrogen-bond donors (Lipinski definition) is 2. The summed E-state index contributed by atoms with van der Waals surface area (Å²) in [4.78, 5) is 34.8. The number of ether oxygens (including phenoxy) is 2. The molecule has 0 saturated heterocycles. The van der Waals surface area contributed by atoms with Gasteiger partial charge in [-0.2, -0.15) is 0 Å². The molecule has 10 heteroatoms. The molecule has 0 aromatic heterocycles. The number of carbonyl (C=O) groups is 2. The molecule has 0 rings (SSSR count). The molecule has 53 heavy (non-hydrogen) atoms. The molecule has 2 atom stereocenters. The fraction of sp³-hybridized carbons (Fsp3) is 0.674. The Balaban J connectivity index is 4.30. The highest BCUT2D eigenvalue weighted by Gasteiger charge is 2.25. The molecule has 2 unspecified atom stereocenters. The maximum Gasteiger partial charge on any atom is 0.472 e. The van der Waals surface area contributed by atoms with Crippen LogP contribution in [0.2, 0.25) is 0 Å². The van der Waals surface area contributed by atoms with Crippen LogP contribution < -0.4 is 5.73 Å². The number of nitrogens with two attached hydrogens (primary N) is 1. The number of carbonyl (C=O) groups excluding carboxylic acids is 2. The van der Waals surface area contributed by atoms with E-state index in [1.807, 2.05) is 6.08 Å². The minimum Gasteiger partial charge on any atom is -0.462 e. The molecule has 0 aromatic carbocycles. The zero-order valence-electron chi connectivity index (χ0n) is 33.2. The van der Waals surface area contributed by atoms with E-state index < -0.39 is 32.5 Å². The van der Waals surface area contributed by atoms with Crippen molar-refractivity contribution < 1.29 is 37.6 Å². The van der Waals surface area contributed by atoms with Gasteiger partial charge < -0.3 is 20.1 Å². The molecule has 0 aliphatic carbocycles. The van der Waals surface area contributed by atoms with Crippen molar-refractivity contribution >= 4 is 19.8 Å². The Labute approximate surface area is 322 Å². The van der Waals surface area contributed by atoms with Crippen molar-refractivity contribution in [2.24, 2.45) is 5.73 Å². The second-order valence-electron chi connectivity index (χ2n) is 13.1. The quantitative estimate of drug-likeness (QED) is 0.0274. The van der Waals surface area contributed by atoms with Gasteiger partial charge in [-0.05, 0) is 77.0 Å². The highest BCUT2D eigenvalue weighted by Crippen LogP contribution is 2.43. The lowest BCUT2D eigenvalue weighted by Gasteiger charge is -2.19. The summed E-state index contributed by atoms with van der Waals surface area (Å²) >= 11 is 0. The summed E-state index contributed by atoms with van der Waals surface area (Å²) in [6.07, 6.45) is 46.5. The summed E-state index contributed by atoms with van der Waals surface area (Å²) in [5.41, 5.74) is 5.33. The lowest BCUT2D eigenvalue weighted by Crippen LogP contribution is -2.29. The molecule has 0 aliphatic heterocycles. The van der Waals surface area contributed by atoms with Gasteiger partial charge in [0.2, 0.25) is 0 Å². The summed E-state index contributed by atoms with van der Waals surface area (Å²) in [5.74, 6) is -0.909. The van der Waals surface area contributed by atoms with E-state index in [0.717, 1.165) is 64.2 Å². The van der Waals surface area contributed by atoms with Crippen molar-refractivity contribution in [3.63, 3.8) is 0 Å². The van der Waals surface area contributed by atoms with E-state index in [9.17, 15) is 19.0 Å². The van der Waals surface area contributed by atoms with Gasteiger partial charge >= 0.3 is 19.8 Å². The first kappa shape index (κ1) is 50.5. The van der Waals surface area contributed by atoms with Crippen LogP contribution in [0, 0.1) is 0 Å². The van der Waals surface area contributed by atoms with Crippen LogP contribution in [-0.4, -0.2) is 49.3 Å². The molecule has 9 nitrogen and oxygen atoms in total. The number of phosphoric acid groups is 1. The molecule has 3 N–H and O–H groups in total. The van der Waals surface area contributed by atoms with Crippen molar-refractivity contribution in [3.05, 3.63) is 72.9 Å². The number of esters is 2. The van der Waals surface area contributed by atoms with Crippen LogP contribution in [0.25, 0.3) is 0 Å². The lowest BCUT2D eigenvalue weighted by atomic mass is 10.1. The summed E-state index contributed by atoms with van der Waals surface area (Å²) in [7, 11) is -4.39. The maximum atomic E-state index is 12.6. The third kappa shape index (κ3) is 39.0. The number of allylic oxidation sites excluding steroid dienone is 12. The first-order chi connectivity index (χ1) is 25.8. The lowest BCUT2D eigenvalue weighted by molar-refractivity contribution is -0.161. The van der Waals surface area contributed by atoms with Gasteiger partial charge in [0, 0.05) is 19.4 Å². The van der Waals surface area contributed by atoms with Crippen LogP contribution in [0.15, 0.2) is 72.9 Å². The predicted octanol–water partition coefficient (Wildman–Crippen LogP) is 11.5. The number of unbranched alkanes of at least 4 members (excludes halogenated alkanes) is 12. The highest BCUT2D eigenvalue weighted by molar-refractivity contribution is 7.47. The normalized spacial score (nSPS) is 14.1. The summed E-state index contributed by atoms with van der Waals surface area (Å²) < 4.78 is 32.7. The van der Waals surface area contributed by atoms with E-state index in [-0.39, 0.29) is 32.6 Å². The standard InChI is InChI=1S/C43H74NO8P/c1-3-5-7-9-11-13-15-17-19-20-22-23-25-27-29-31-33-35-42(45)49-39-41(40-51-53(47,48)50-38-37-44)52-43(46)36-34-32-30-28-26-24-21-18-16-14-12-10-8-6-4-2/h5,7,11,13-14,16-17,19,22-23,27,29,41H,3-4,6,8-10,12,15,18,20-21,24-26,28,30-40,44H2,1-2H3,(H,47,48). The Morgan fingerprint density at radius 1 is 0.585 bits per heavy atom. The molecular weight excluding hydrogens is 689 g/mol. The first-order valence-corrected chi connectivity index (χ1v) is 21.9. The van der Waals surface area contributed by atoms with Gasteiger partial charge in [-0.25, -0.2) is 4.57 Å². The van der Waals surface area contributed by atoms with E-state index in [1.54, 1.807) is 0 Å². The Morgan fingerprint density at radius 3 is 1.62 bits per heavy atom. The third-order valence-electron chi connectivity index (χ3n) is 8.08. The van der Waals surface area contributed by atoms with Crippen molar-refractivity contribution in [1.29, 1.82) is 0 Å². The second kappa shape index (κ2) is 39.2. The first-order valence-electron chi connectivity index (χ1n) is 20.4. The van der Waals surface area contributed by atoms with Gasteiger partial charge in [-0.15, -0.1) is 0 Å². The number of hydrogen-bond acceptors (Lipinski definition) is 8. The third-order valence-corrected chi connectivity index (χ3v) is 9.06. The second-order valence-corrected chi connectivity index (χ2v) is 14.6. The van der Waals surface area contributed by atoms with E-state index in [0.29, 0.717) is 12.8 Å². The molecule has 0 aliphatic rings. The van der Waals surface area contributed by atoms with Gasteiger partial charge in [-0.3, -0.25) is 18.6 Å². The molecule has 0 fully saturated rings. The minimum absolute atomic E-state index is 0.0418. The number of rotatable bonds is 37. The van der Waals surface area contributed by atoms with Gasteiger partial charge in [0.1, 0.15) is 6.61 Å². The topological polar surface area (TPSA) is 134 Å². The zero-order valence-corrected chi connectivity index (χ0v) is 34.1. The fourth-order valence-corrected chi connectivity index (χ4v) is 5.84. The monoisotopic (exact) mass is 764 g/mol. The largest absolute Gasteiger partial charge is 0.472 e. The van der Waals surface area contributed by atoms with Crippen molar-refractivity contribution in [2.75, 3.05) is 26.4 Å². The SMILES string of the molecule is CCC=CCC=CCC=CCC=CCC=CCCCC(=O)OCC(COP(=O)(O)OCCN)OC(=O)CCCCCCCCCC=CCCCCCC. The van der Waals surface area contributed by atoms with E-state index in [2.05, 4.69) is 80.7 Å². The summed E-state index contributed by atoms with van der Waals surface area (Å²) in [5, 5.41) is 0. The van der Waals surface area contributed by atoms with Gasteiger partial charge in [0.25, 0.3) is 0 Å². The van der Waals surface area contributed by atoms with Crippen LogP contribution in [-0.2, 0) is 32.7 Å². The minimum atomic E-state index is -4.39. The Morgan fingerprint density at radius 2 is 1.06 bits per heavy atom. The van der Waals surface area contributed by atoms with Crippen LogP contribution in [0.4, 0.5) is 0 Å². The Bertz CT molecular complexity index is 1100. The average molecular weight is 764 g/mol. The van der Waals surface area contributed by atoms with Gasteiger partial charge in [0.05, 0.1) is 13.2 Å². The van der Waals surface area contributed by atoms with Crippen LogP contribution >= 0.6 is 7.82 Å². The highest BCUT2D eigenvalue weighted by atomic mass is 31.2. The Hall–Kier alpha value is -2.55. The fourth-order valence-electron chi connectivity index (χ4n) is 5.07. The van der Waals surface area contributed by atoms with Gasteiger partial charge in [0.15, 0.2) is 6.10 Å². The van der Waals surface area contributed by atoms with Crippen molar-refractivity contribution in [3.8, 4) is 0 Å². The molecule has 0 radical (unpaired) electrons. The molecular formula is C43H74NO8P. The van der Waals surface area contributed by atoms with E-state index in [1.165, 1.54) is 51.4 Å². The molecule has 304 valence electrons. The van der Waals surface area contributed by atoms with Gasteiger partial charge in [-0.1, -0.05) is 138 Å². The molecule has 0 heterocycles. The van der Waals surface area contributed by atoms with Crippen molar-refractivity contribution in [1.82, 2.24) is 0 Å². The average Bonchev–Trinajstić information content (AvgIpc) is 3.14. The summed E-state index contributed by atoms with van der Waals surface area (Å²) in [6, 6.07) is 0. The number of phosphoric ester groups is 1. The maximum absolute atomic E-state index is 12.6. The smallest absolute Gasteiger partial charge is 0.462 e. The Kier molecular flexibility index (Phi) is 37.3. The van der Waals surface area contributed by atoms with E-state index in [4.69, 9.17) is 24.3 Å². The molecule has 0 spiro atoms. The molecule has 0 aromatic rings. The van der Waals surface area contributed by atoms with Crippen LogP contribution in [0.3, 0.4) is 0 Å². The molecule has 0 bridgehead atoms. The summed E-state index contributed by atoms with van der Waals surface area (Å²) in [6.45, 7) is 3.51. The van der Waals surface area contributed by atoms with Crippen LogP contribution in [0.1, 0.15) is 155 Å². The van der Waals surface area contributed by atoms with Crippen molar-refractivity contribution in [2.45, 2.75) is 161 Å².